The van der Waals surface area contributed by atoms with Crippen LogP contribution in [0.2, 0.25) is 0 Å². The molecule has 0 saturated carbocycles. The van der Waals surface area contributed by atoms with Crippen molar-refractivity contribution < 1.29 is 4.42 Å². The molecule has 1 unspecified atom stereocenters. The van der Waals surface area contributed by atoms with E-state index in [0.717, 1.165) is 18.7 Å². The van der Waals surface area contributed by atoms with Gasteiger partial charge in [0.05, 0.1) is 0 Å². The maximum Gasteiger partial charge on any atom is 0.297 e. The summed E-state index contributed by atoms with van der Waals surface area (Å²) in [6, 6.07) is 4.80. The molecule has 2 N–H and O–H groups in total. The molecule has 3 heterocycles. The standard InChI is InChI=1S/C12H16N4O/c1-2-6-13-9(4-1)8-15-12-16-11-10(17-12)5-3-7-14-11/h3,5,7,9,13H,1-2,4,6,8H2,(H,14,15,16). The Morgan fingerprint density at radius 2 is 2.47 bits per heavy atom. The second-order valence-electron chi connectivity index (χ2n) is 4.37. The van der Waals surface area contributed by atoms with Gasteiger partial charge in [0.15, 0.2) is 5.58 Å². The smallest absolute Gasteiger partial charge is 0.297 e. The van der Waals surface area contributed by atoms with Crippen LogP contribution >= 0.6 is 0 Å². The summed E-state index contributed by atoms with van der Waals surface area (Å²) < 4.78 is 5.55. The van der Waals surface area contributed by atoms with Gasteiger partial charge in [-0.25, -0.2) is 4.98 Å². The number of fused-ring (bicyclic) bond motifs is 1. The van der Waals surface area contributed by atoms with Crippen LogP contribution in [0.1, 0.15) is 19.3 Å². The molecule has 0 radical (unpaired) electrons. The summed E-state index contributed by atoms with van der Waals surface area (Å²) in [6.07, 6.45) is 5.51. The lowest BCUT2D eigenvalue weighted by Gasteiger charge is -2.23. The first kappa shape index (κ1) is 10.5. The number of piperidine rings is 1. The molecule has 5 nitrogen and oxygen atoms in total. The van der Waals surface area contributed by atoms with Crippen molar-refractivity contribution in [2.45, 2.75) is 25.3 Å². The highest BCUT2D eigenvalue weighted by molar-refractivity contribution is 5.69. The second kappa shape index (κ2) is 4.71. The van der Waals surface area contributed by atoms with Gasteiger partial charge in [-0.2, -0.15) is 4.98 Å². The average molecular weight is 232 g/mol. The van der Waals surface area contributed by atoms with Gasteiger partial charge in [-0.1, -0.05) is 6.42 Å². The molecule has 1 aliphatic heterocycles. The molecule has 0 aliphatic carbocycles. The molecule has 1 atom stereocenters. The second-order valence-corrected chi connectivity index (χ2v) is 4.37. The van der Waals surface area contributed by atoms with Crippen LogP contribution in [0.25, 0.3) is 11.2 Å². The molecule has 1 aliphatic rings. The van der Waals surface area contributed by atoms with E-state index >= 15 is 0 Å². The number of aromatic nitrogens is 2. The molecule has 90 valence electrons. The summed E-state index contributed by atoms with van der Waals surface area (Å²) in [6.45, 7) is 1.97. The Balaban J connectivity index is 1.64. The van der Waals surface area contributed by atoms with E-state index in [1.54, 1.807) is 6.20 Å². The van der Waals surface area contributed by atoms with E-state index in [9.17, 15) is 0 Å². The number of anilines is 1. The third-order valence-electron chi connectivity index (χ3n) is 3.08. The van der Waals surface area contributed by atoms with Crippen molar-refractivity contribution in [3.63, 3.8) is 0 Å². The lowest BCUT2D eigenvalue weighted by Crippen LogP contribution is -2.39. The first-order valence-corrected chi connectivity index (χ1v) is 6.10. The van der Waals surface area contributed by atoms with Gasteiger partial charge in [0.1, 0.15) is 0 Å². The Morgan fingerprint density at radius 3 is 3.29 bits per heavy atom. The Kier molecular flexibility index (Phi) is 2.92. The highest BCUT2D eigenvalue weighted by Gasteiger charge is 2.13. The van der Waals surface area contributed by atoms with Crippen LogP contribution in [-0.4, -0.2) is 29.1 Å². The van der Waals surface area contributed by atoms with Gasteiger partial charge in [-0.15, -0.1) is 0 Å². The van der Waals surface area contributed by atoms with Crippen LogP contribution in [0.5, 0.6) is 0 Å². The number of hydrogen-bond acceptors (Lipinski definition) is 5. The molecule has 17 heavy (non-hydrogen) atoms. The maximum atomic E-state index is 5.55. The van der Waals surface area contributed by atoms with Gasteiger partial charge in [0.25, 0.3) is 6.01 Å². The lowest BCUT2D eigenvalue weighted by atomic mass is 10.1. The Hall–Kier alpha value is -1.62. The van der Waals surface area contributed by atoms with Crippen LogP contribution in [0.15, 0.2) is 22.7 Å². The molecular formula is C12H16N4O. The number of pyridine rings is 1. The van der Waals surface area contributed by atoms with Gasteiger partial charge in [0.2, 0.25) is 5.65 Å². The lowest BCUT2D eigenvalue weighted by molar-refractivity contribution is 0.411. The molecule has 0 amide bonds. The zero-order valence-electron chi connectivity index (χ0n) is 9.65. The number of nitrogens with one attached hydrogen (secondary N) is 2. The molecule has 1 saturated heterocycles. The number of nitrogens with zero attached hydrogens (tertiary/aromatic N) is 2. The first-order chi connectivity index (χ1) is 8.42. The molecule has 2 aromatic heterocycles. The minimum atomic E-state index is 0.520. The van der Waals surface area contributed by atoms with Crippen molar-refractivity contribution in [2.75, 3.05) is 18.4 Å². The van der Waals surface area contributed by atoms with E-state index in [-0.39, 0.29) is 0 Å². The van der Waals surface area contributed by atoms with E-state index in [1.807, 2.05) is 12.1 Å². The third kappa shape index (κ3) is 2.39. The molecule has 0 aromatic carbocycles. The van der Waals surface area contributed by atoms with Crippen LogP contribution in [0, 0.1) is 0 Å². The fourth-order valence-electron chi connectivity index (χ4n) is 2.15. The van der Waals surface area contributed by atoms with E-state index in [1.165, 1.54) is 19.3 Å². The normalized spacial score (nSPS) is 20.6. The van der Waals surface area contributed by atoms with E-state index in [4.69, 9.17) is 4.42 Å². The van der Waals surface area contributed by atoms with Gasteiger partial charge >= 0.3 is 0 Å². The number of oxazole rings is 1. The molecule has 5 heteroatoms. The zero-order valence-corrected chi connectivity index (χ0v) is 9.65. The minimum absolute atomic E-state index is 0.520. The van der Waals surface area contributed by atoms with Crippen molar-refractivity contribution >= 4 is 17.2 Å². The van der Waals surface area contributed by atoms with E-state index in [0.29, 0.717) is 17.7 Å². The van der Waals surface area contributed by atoms with Crippen LogP contribution in [0.4, 0.5) is 6.01 Å². The average Bonchev–Trinajstić information content (AvgIpc) is 2.80. The molecule has 2 aromatic rings. The van der Waals surface area contributed by atoms with Crippen LogP contribution < -0.4 is 10.6 Å². The SMILES string of the molecule is c1cnc2nc(NCC3CCCCN3)oc2c1. The molecule has 3 rings (SSSR count). The van der Waals surface area contributed by atoms with Gasteiger partial charge in [0, 0.05) is 18.8 Å². The molecule has 0 spiro atoms. The van der Waals surface area contributed by atoms with Gasteiger partial charge < -0.3 is 15.1 Å². The fraction of sp³-hybridized carbons (Fsp3) is 0.500. The highest BCUT2D eigenvalue weighted by atomic mass is 16.4. The third-order valence-corrected chi connectivity index (χ3v) is 3.08. The van der Waals surface area contributed by atoms with Crippen molar-refractivity contribution in [3.05, 3.63) is 18.3 Å². The quantitative estimate of drug-likeness (QED) is 0.844. The zero-order chi connectivity index (χ0) is 11.5. The summed E-state index contributed by atoms with van der Waals surface area (Å²) >= 11 is 0. The summed E-state index contributed by atoms with van der Waals surface area (Å²) in [5.74, 6) is 0. The summed E-state index contributed by atoms with van der Waals surface area (Å²) in [5.41, 5.74) is 1.39. The van der Waals surface area contributed by atoms with Gasteiger partial charge in [-0.3, -0.25) is 0 Å². The number of rotatable bonds is 3. The number of hydrogen-bond donors (Lipinski definition) is 2. The Labute approximate surface area is 99.6 Å². The fourth-order valence-corrected chi connectivity index (χ4v) is 2.15. The van der Waals surface area contributed by atoms with Crippen LogP contribution in [0.3, 0.4) is 0 Å². The Morgan fingerprint density at radius 1 is 1.47 bits per heavy atom. The minimum Gasteiger partial charge on any atom is -0.422 e. The largest absolute Gasteiger partial charge is 0.422 e. The van der Waals surface area contributed by atoms with Crippen molar-refractivity contribution in [3.8, 4) is 0 Å². The maximum absolute atomic E-state index is 5.55. The predicted octanol–water partition coefficient (Wildman–Crippen LogP) is 1.78. The van der Waals surface area contributed by atoms with Crippen LogP contribution in [-0.2, 0) is 0 Å². The van der Waals surface area contributed by atoms with Gasteiger partial charge in [-0.05, 0) is 31.5 Å². The molecular weight excluding hydrogens is 216 g/mol. The highest BCUT2D eigenvalue weighted by Crippen LogP contribution is 2.16. The van der Waals surface area contributed by atoms with Crippen molar-refractivity contribution in [1.82, 2.24) is 15.3 Å². The van der Waals surface area contributed by atoms with Crippen molar-refractivity contribution in [2.24, 2.45) is 0 Å². The van der Waals surface area contributed by atoms with Crippen molar-refractivity contribution in [1.29, 1.82) is 0 Å². The Bertz CT molecular complexity index is 457. The first-order valence-electron chi connectivity index (χ1n) is 6.10. The van der Waals surface area contributed by atoms with E-state index in [2.05, 4.69) is 20.6 Å². The molecule has 1 fully saturated rings. The predicted molar refractivity (Wildman–Crippen MR) is 65.9 cm³/mol. The summed E-state index contributed by atoms with van der Waals surface area (Å²) in [4.78, 5) is 8.42. The monoisotopic (exact) mass is 232 g/mol. The summed E-state index contributed by atoms with van der Waals surface area (Å²) in [7, 11) is 0. The van der Waals surface area contributed by atoms with E-state index < -0.39 is 0 Å². The molecule has 0 bridgehead atoms. The summed E-state index contributed by atoms with van der Waals surface area (Å²) in [5, 5.41) is 6.70. The topological polar surface area (TPSA) is 63.0 Å².